The van der Waals surface area contributed by atoms with Crippen LogP contribution in [0.5, 0.6) is 5.88 Å². The number of aromatic nitrogens is 8. The molecule has 0 saturated heterocycles. The minimum Gasteiger partial charge on any atom is -0.494 e. The van der Waals surface area contributed by atoms with Gasteiger partial charge in [-0.1, -0.05) is 23.2 Å². The number of methoxy groups -OCH3 is 2. The zero-order valence-electron chi connectivity index (χ0n) is 45.8. The number of nitriles is 4. The number of H-pyrrole nitrogens is 3. The number of rotatable bonds is 5. The van der Waals surface area contributed by atoms with E-state index in [1.54, 1.807) is 108 Å². The highest BCUT2D eigenvalue weighted by molar-refractivity contribution is 8.25. The van der Waals surface area contributed by atoms with E-state index in [4.69, 9.17) is 58.8 Å². The van der Waals surface area contributed by atoms with Gasteiger partial charge in [-0.05, 0) is 190 Å². The Morgan fingerprint density at radius 1 is 0.619 bits per heavy atom. The Bertz CT molecular complexity index is 3780. The lowest BCUT2D eigenvalue weighted by Gasteiger charge is -2.19. The third-order valence-electron chi connectivity index (χ3n) is 9.25. The zero-order chi connectivity index (χ0) is 64.2. The summed E-state index contributed by atoms with van der Waals surface area (Å²) in [6, 6.07) is 21.6. The third-order valence-corrected chi connectivity index (χ3v) is 9.75. The van der Waals surface area contributed by atoms with E-state index in [9.17, 15) is 23.5 Å². The van der Waals surface area contributed by atoms with Crippen molar-refractivity contribution in [2.75, 3.05) is 42.4 Å². The van der Waals surface area contributed by atoms with Crippen molar-refractivity contribution in [2.45, 2.75) is 27.2 Å². The highest BCUT2D eigenvalue weighted by Gasteiger charge is 2.07. The molecule has 8 aromatic heterocycles. The molecule has 0 aliphatic heterocycles. The normalized spacial score (nSPS) is 9.99. The maximum Gasteiger partial charge on any atom is 0.339 e. The average molecular weight is 1350 g/mol. The Balaban J connectivity index is 0.000000935. The molecule has 84 heavy (non-hydrogen) atoms. The summed E-state index contributed by atoms with van der Waals surface area (Å²) in [5.41, 5.74) is 3.51. The Morgan fingerprint density at radius 3 is 1.52 bits per heavy atom. The van der Waals surface area contributed by atoms with Gasteiger partial charge in [0, 0.05) is 102 Å². The molecule has 0 bridgehead atoms. The van der Waals surface area contributed by atoms with Crippen LogP contribution in [0.15, 0.2) is 131 Å². The van der Waals surface area contributed by atoms with Crippen molar-refractivity contribution >= 4 is 129 Å². The Morgan fingerprint density at radius 2 is 1.10 bits per heavy atom. The van der Waals surface area contributed by atoms with Gasteiger partial charge in [-0.3, -0.25) is 53.3 Å². The Labute approximate surface area is 521 Å². The first kappa shape index (κ1) is 77.1. The number of hydrogen-bond donors (Lipinski definition) is 4. The van der Waals surface area contributed by atoms with Crippen LogP contribution in [-0.2, 0) is 18.6 Å². The van der Waals surface area contributed by atoms with Crippen molar-refractivity contribution < 1.29 is 23.7 Å². The highest BCUT2D eigenvalue weighted by Crippen LogP contribution is 2.61. The van der Waals surface area contributed by atoms with E-state index >= 15 is 0 Å². The largest absolute Gasteiger partial charge is 0.494 e. The first-order chi connectivity index (χ1) is 39.3. The van der Waals surface area contributed by atoms with E-state index < -0.39 is 21.5 Å². The summed E-state index contributed by atoms with van der Waals surface area (Å²) in [5.74, 6) is -0.363. The van der Waals surface area contributed by atoms with Gasteiger partial charge < -0.3 is 29.4 Å². The average Bonchev–Trinajstić information content (AvgIpc) is 3.41. The molecule has 0 aromatic carbocycles. The molecule has 4 N–H and O–H groups in total. The summed E-state index contributed by atoms with van der Waals surface area (Å²) in [4.78, 5) is 62.8. The van der Waals surface area contributed by atoms with E-state index in [2.05, 4.69) is 113 Å². The standard InChI is InChI=1S/C10H11N3.C8H5ClN2.C8H6N2O.C7H5ClN2O.C7H6N2O2.C7H6N2.C5H13NO2.2Cl3OP/c1-13(2)6-4-9-3-5-12-8-10(9)7-11;9-8-7-5-10-3-1-6(7)2-4-11-8;11-8-7-5-9-3-1-6(7)2-4-10-8;1-4-2-6(8)10-7(11)5(4)3-9;1-4-2-6(10)9-7(11)5(4)3-8;1-6-2-3-9-5-7(6)4-8;1-6(2)5(7-3)8-4;2*1-5(2,3)4/h3-6,8H,1-2H3;1-5H;1-5H,(H,10,11);2H,1H3,(H,10,11);2H,1H3,(H2,9,10,11);2-3,5H,1H3;5H,1-4H3;;/b6-4+;;;;;;;;. The van der Waals surface area contributed by atoms with Crippen LogP contribution in [-0.4, -0.2) is 104 Å². The fourth-order valence-electron chi connectivity index (χ4n) is 5.57. The van der Waals surface area contributed by atoms with Crippen molar-refractivity contribution in [3.8, 4) is 30.2 Å². The molecule has 0 atom stereocenters. The minimum absolute atomic E-state index is 0.0874. The lowest BCUT2D eigenvalue weighted by atomic mass is 10.1. The van der Waals surface area contributed by atoms with Crippen molar-refractivity contribution in [1.82, 2.24) is 49.7 Å². The van der Waals surface area contributed by atoms with Gasteiger partial charge in [0.1, 0.15) is 45.7 Å². The van der Waals surface area contributed by atoms with Crippen LogP contribution in [0.1, 0.15) is 44.5 Å². The number of aromatic hydroxyl groups is 1. The van der Waals surface area contributed by atoms with Crippen LogP contribution in [0.2, 0.25) is 10.3 Å². The number of aryl methyl sites for hydroxylation is 3. The summed E-state index contributed by atoms with van der Waals surface area (Å²) in [6.45, 7) is 5.15. The number of hydrogen-bond acceptors (Lipinski definition) is 19. The molecule has 0 radical (unpaired) electrons. The van der Waals surface area contributed by atoms with Gasteiger partial charge in [0.2, 0.25) is 12.3 Å². The van der Waals surface area contributed by atoms with Crippen molar-refractivity contribution in [2.24, 2.45) is 0 Å². The molecule has 22 nitrogen and oxygen atoms in total. The second-order valence-electron chi connectivity index (χ2n) is 15.9. The van der Waals surface area contributed by atoms with Crippen molar-refractivity contribution in [3.05, 3.63) is 203 Å². The first-order valence-corrected chi connectivity index (χ1v) is 32.4. The second-order valence-corrected chi connectivity index (χ2v) is 30.0. The third kappa shape index (κ3) is 34.0. The summed E-state index contributed by atoms with van der Waals surface area (Å²) < 4.78 is 28.8. The molecular formula is C52H52Cl8N14O8P2. The maximum atomic E-state index is 11.1. The van der Waals surface area contributed by atoms with Crippen LogP contribution in [0, 0.1) is 66.1 Å². The predicted octanol–water partition coefficient (Wildman–Crippen LogP) is 13.2. The number of nitrogens with one attached hydrogen (secondary N) is 3. The molecule has 8 rings (SSSR count). The maximum absolute atomic E-state index is 11.1. The molecule has 0 aliphatic rings. The number of nitrogens with zero attached hydrogens (tertiary/aromatic N) is 11. The lowest BCUT2D eigenvalue weighted by molar-refractivity contribution is -0.179. The molecule has 32 heteroatoms. The summed E-state index contributed by atoms with van der Waals surface area (Å²) in [5, 5.41) is 40.9. The van der Waals surface area contributed by atoms with Gasteiger partial charge in [0.05, 0.1) is 16.5 Å². The van der Waals surface area contributed by atoms with Gasteiger partial charge in [0.15, 0.2) is 0 Å². The summed E-state index contributed by atoms with van der Waals surface area (Å²) >= 11 is 39.0. The van der Waals surface area contributed by atoms with Crippen LogP contribution >= 0.6 is 101 Å². The van der Waals surface area contributed by atoms with Crippen LogP contribution in [0.25, 0.3) is 27.6 Å². The van der Waals surface area contributed by atoms with Crippen LogP contribution in [0.3, 0.4) is 0 Å². The molecule has 8 aromatic rings. The van der Waals surface area contributed by atoms with Crippen molar-refractivity contribution in [3.63, 3.8) is 0 Å². The molecule has 0 unspecified atom stereocenters. The molecule has 0 spiro atoms. The van der Waals surface area contributed by atoms with E-state index in [0.717, 1.165) is 27.3 Å². The monoisotopic (exact) mass is 1340 g/mol. The number of ether oxygens (including phenoxy) is 2. The fourth-order valence-corrected chi connectivity index (χ4v) is 6.04. The Kier molecular flexibility index (Phi) is 37.8. The number of fused-ring (bicyclic) bond motifs is 2. The van der Waals surface area contributed by atoms with E-state index in [0.29, 0.717) is 32.8 Å². The molecule has 8 heterocycles. The topological polar surface area (TPSA) is 338 Å². The van der Waals surface area contributed by atoms with Gasteiger partial charge in [-0.15, -0.1) is 0 Å². The fraction of sp³-hybridized carbons (Fsp3) is 0.192. The number of halogens is 8. The quantitative estimate of drug-likeness (QED) is 0.0706. The number of aromatic amines is 3. The number of pyridine rings is 8. The lowest BCUT2D eigenvalue weighted by Crippen LogP contribution is -2.30. The van der Waals surface area contributed by atoms with E-state index in [1.807, 2.05) is 99.7 Å². The summed E-state index contributed by atoms with van der Waals surface area (Å²) in [7, 11) is 10.9. The minimum atomic E-state index is -3.22. The van der Waals surface area contributed by atoms with E-state index in [1.165, 1.54) is 6.07 Å². The van der Waals surface area contributed by atoms with Crippen LogP contribution < -0.4 is 16.7 Å². The molecule has 0 fully saturated rings. The molecule has 0 saturated carbocycles. The SMILES string of the molecule is CN(C)/C=C/c1ccncc1C#N.COC(OC)N(C)C.Cc1cc(=O)[nH]c(O)c1C#N.Cc1cc(Cl)[nH]c(=O)c1C#N.Cc1ccncc1C#N.Clc1nccc2ccncc12.O=P(Cl)(Cl)Cl.O=P(Cl)(Cl)Cl.O=c1[nH]ccc2ccncc12. The summed E-state index contributed by atoms with van der Waals surface area (Å²) in [6.07, 6.45) is 20.1. The predicted molar refractivity (Wildman–Crippen MR) is 334 cm³/mol. The van der Waals surface area contributed by atoms with Gasteiger partial charge in [-0.25, -0.2) is 4.98 Å². The molecule has 0 amide bonds. The molecular weight excluding hydrogens is 1290 g/mol. The zero-order valence-corrected chi connectivity index (χ0v) is 53.6. The molecule has 0 aliphatic carbocycles. The first-order valence-electron chi connectivity index (χ1n) is 22.8. The van der Waals surface area contributed by atoms with Gasteiger partial charge in [0.25, 0.3) is 16.7 Å². The van der Waals surface area contributed by atoms with Gasteiger partial charge >= 0.3 is 10.4 Å². The van der Waals surface area contributed by atoms with E-state index in [-0.39, 0.29) is 34.1 Å². The Hall–Kier alpha value is -6.92. The van der Waals surface area contributed by atoms with Crippen LogP contribution in [0.4, 0.5) is 0 Å². The van der Waals surface area contributed by atoms with Gasteiger partial charge in [-0.2, -0.15) is 21.0 Å². The van der Waals surface area contributed by atoms with Crippen molar-refractivity contribution in [1.29, 1.82) is 21.0 Å². The highest BCUT2D eigenvalue weighted by atomic mass is 36.1. The molecule has 444 valence electrons. The smallest absolute Gasteiger partial charge is 0.339 e. The second kappa shape index (κ2) is 41.2.